The Labute approximate surface area is 90.1 Å². The quantitative estimate of drug-likeness (QED) is 0.744. The highest BCUT2D eigenvalue weighted by Gasteiger charge is 2.30. The predicted molar refractivity (Wildman–Crippen MR) is 57.4 cm³/mol. The Balaban J connectivity index is 2.01. The van der Waals surface area contributed by atoms with E-state index in [-0.39, 0.29) is 5.92 Å². The Morgan fingerprint density at radius 2 is 2.33 bits per heavy atom. The van der Waals surface area contributed by atoms with Crippen LogP contribution in [0.3, 0.4) is 0 Å². The molecule has 0 amide bonds. The van der Waals surface area contributed by atoms with Crippen molar-refractivity contribution in [3.8, 4) is 0 Å². The summed E-state index contributed by atoms with van der Waals surface area (Å²) in [6.07, 6.45) is 4.15. The first-order chi connectivity index (χ1) is 7.18. The molecule has 2 unspecified atom stereocenters. The molecule has 0 spiro atoms. The van der Waals surface area contributed by atoms with E-state index in [0.29, 0.717) is 18.2 Å². The zero-order valence-corrected chi connectivity index (χ0v) is 9.27. The number of carbonyl (C=O) groups is 1. The summed E-state index contributed by atoms with van der Waals surface area (Å²) < 4.78 is 5.05. The lowest BCUT2D eigenvalue weighted by Gasteiger charge is -2.36. The molecule has 1 aromatic heterocycles. The zero-order chi connectivity index (χ0) is 10.8. The molecule has 82 valence electrons. The average molecular weight is 207 g/mol. The monoisotopic (exact) mass is 207 g/mol. The van der Waals surface area contributed by atoms with Crippen LogP contribution < -0.4 is 0 Å². The van der Waals surface area contributed by atoms with Crippen LogP contribution in [0.1, 0.15) is 25.8 Å². The van der Waals surface area contributed by atoms with Crippen LogP contribution >= 0.6 is 0 Å². The molecule has 0 saturated carbocycles. The Morgan fingerprint density at radius 1 is 1.53 bits per heavy atom. The van der Waals surface area contributed by atoms with Gasteiger partial charge in [-0.3, -0.25) is 9.69 Å². The van der Waals surface area contributed by atoms with E-state index in [2.05, 4.69) is 11.8 Å². The average Bonchev–Trinajstić information content (AvgIpc) is 2.72. The number of ketones is 1. The number of hydrogen-bond acceptors (Lipinski definition) is 3. The summed E-state index contributed by atoms with van der Waals surface area (Å²) in [7, 11) is 0. The fourth-order valence-corrected chi connectivity index (χ4v) is 2.11. The second-order valence-corrected chi connectivity index (χ2v) is 4.35. The Bertz CT molecular complexity index is 331. The highest BCUT2D eigenvalue weighted by molar-refractivity contribution is 5.82. The van der Waals surface area contributed by atoms with E-state index >= 15 is 0 Å². The summed E-state index contributed by atoms with van der Waals surface area (Å²) in [5.74, 6) is 0.552. The highest BCUT2D eigenvalue weighted by atomic mass is 16.3. The van der Waals surface area contributed by atoms with Crippen LogP contribution in [0, 0.1) is 5.92 Å². The Morgan fingerprint density at radius 3 is 3.00 bits per heavy atom. The second-order valence-electron chi connectivity index (χ2n) is 4.35. The topological polar surface area (TPSA) is 33.5 Å². The van der Waals surface area contributed by atoms with Gasteiger partial charge in [0, 0.05) is 37.0 Å². The van der Waals surface area contributed by atoms with E-state index in [4.69, 9.17) is 4.42 Å². The SMILES string of the molecule is CC1C(=O)CCN(Cc2ccoc2)C1C. The van der Waals surface area contributed by atoms with E-state index in [9.17, 15) is 4.79 Å². The van der Waals surface area contributed by atoms with Gasteiger partial charge in [-0.1, -0.05) is 6.92 Å². The molecule has 1 aromatic rings. The molecule has 3 nitrogen and oxygen atoms in total. The molecule has 0 aromatic carbocycles. The molecule has 0 aliphatic carbocycles. The molecule has 0 bridgehead atoms. The van der Waals surface area contributed by atoms with Crippen molar-refractivity contribution in [3.05, 3.63) is 24.2 Å². The minimum absolute atomic E-state index is 0.158. The van der Waals surface area contributed by atoms with Crippen molar-refractivity contribution < 1.29 is 9.21 Å². The van der Waals surface area contributed by atoms with Crippen LogP contribution in [-0.4, -0.2) is 23.3 Å². The lowest BCUT2D eigenvalue weighted by Crippen LogP contribution is -2.46. The van der Waals surface area contributed by atoms with Crippen LogP contribution in [0.2, 0.25) is 0 Å². The summed E-state index contributed by atoms with van der Waals surface area (Å²) in [4.78, 5) is 13.9. The molecule has 15 heavy (non-hydrogen) atoms. The molecule has 0 N–H and O–H groups in total. The number of rotatable bonds is 2. The third-order valence-corrected chi connectivity index (χ3v) is 3.42. The highest BCUT2D eigenvalue weighted by Crippen LogP contribution is 2.22. The Hall–Kier alpha value is -1.09. The van der Waals surface area contributed by atoms with Crippen molar-refractivity contribution in [1.82, 2.24) is 4.90 Å². The van der Waals surface area contributed by atoms with Gasteiger partial charge < -0.3 is 4.42 Å². The summed E-state index contributed by atoms with van der Waals surface area (Å²) in [6.45, 7) is 5.90. The van der Waals surface area contributed by atoms with Gasteiger partial charge in [-0.15, -0.1) is 0 Å². The number of likely N-dealkylation sites (tertiary alicyclic amines) is 1. The standard InChI is InChI=1S/C12H17NO2/c1-9-10(2)13(5-3-12(9)14)7-11-4-6-15-8-11/h4,6,8-10H,3,5,7H2,1-2H3. The van der Waals surface area contributed by atoms with E-state index in [0.717, 1.165) is 13.1 Å². The maximum absolute atomic E-state index is 11.5. The van der Waals surface area contributed by atoms with Crippen molar-refractivity contribution in [3.63, 3.8) is 0 Å². The van der Waals surface area contributed by atoms with Crippen molar-refractivity contribution in [2.45, 2.75) is 32.9 Å². The van der Waals surface area contributed by atoms with E-state index in [1.165, 1.54) is 5.56 Å². The van der Waals surface area contributed by atoms with Gasteiger partial charge in [-0.2, -0.15) is 0 Å². The number of piperidine rings is 1. The first kappa shape index (κ1) is 10.4. The number of nitrogens with zero attached hydrogens (tertiary/aromatic N) is 1. The van der Waals surface area contributed by atoms with Crippen molar-refractivity contribution in [2.75, 3.05) is 6.54 Å². The summed E-state index contributed by atoms with van der Waals surface area (Å²) in [5, 5.41) is 0. The van der Waals surface area contributed by atoms with Gasteiger partial charge in [0.1, 0.15) is 5.78 Å². The molecule has 1 aliphatic rings. The van der Waals surface area contributed by atoms with Crippen LogP contribution in [0.5, 0.6) is 0 Å². The van der Waals surface area contributed by atoms with Crippen molar-refractivity contribution in [1.29, 1.82) is 0 Å². The van der Waals surface area contributed by atoms with E-state index in [1.807, 2.05) is 13.0 Å². The third-order valence-electron chi connectivity index (χ3n) is 3.42. The van der Waals surface area contributed by atoms with Gasteiger partial charge >= 0.3 is 0 Å². The summed E-state index contributed by atoms with van der Waals surface area (Å²) in [6, 6.07) is 2.31. The van der Waals surface area contributed by atoms with Gasteiger partial charge in [0.25, 0.3) is 0 Å². The van der Waals surface area contributed by atoms with Gasteiger partial charge in [-0.05, 0) is 13.0 Å². The summed E-state index contributed by atoms with van der Waals surface area (Å²) in [5.41, 5.74) is 1.18. The molecular formula is C12H17NO2. The smallest absolute Gasteiger partial charge is 0.138 e. The van der Waals surface area contributed by atoms with Gasteiger partial charge in [0.05, 0.1) is 12.5 Å². The maximum Gasteiger partial charge on any atom is 0.138 e. The maximum atomic E-state index is 11.5. The van der Waals surface area contributed by atoms with Gasteiger partial charge in [0.2, 0.25) is 0 Å². The molecule has 2 heterocycles. The zero-order valence-electron chi connectivity index (χ0n) is 9.27. The number of furan rings is 1. The third kappa shape index (κ3) is 2.12. The van der Waals surface area contributed by atoms with Crippen molar-refractivity contribution >= 4 is 5.78 Å². The normalized spacial score (nSPS) is 28.3. The first-order valence-electron chi connectivity index (χ1n) is 5.46. The van der Waals surface area contributed by atoms with Crippen LogP contribution in [0.4, 0.5) is 0 Å². The van der Waals surface area contributed by atoms with E-state index in [1.54, 1.807) is 12.5 Å². The molecule has 1 saturated heterocycles. The van der Waals surface area contributed by atoms with Crippen molar-refractivity contribution in [2.24, 2.45) is 5.92 Å². The van der Waals surface area contributed by atoms with Gasteiger partial charge in [-0.25, -0.2) is 0 Å². The summed E-state index contributed by atoms with van der Waals surface area (Å²) >= 11 is 0. The predicted octanol–water partition coefficient (Wildman–Crippen LogP) is 2.08. The largest absolute Gasteiger partial charge is 0.472 e. The molecule has 1 fully saturated rings. The molecule has 0 radical (unpaired) electrons. The molecule has 1 aliphatic heterocycles. The number of carbonyl (C=O) groups excluding carboxylic acids is 1. The fraction of sp³-hybridized carbons (Fsp3) is 0.583. The van der Waals surface area contributed by atoms with Crippen LogP contribution in [0.15, 0.2) is 23.0 Å². The minimum Gasteiger partial charge on any atom is -0.472 e. The lowest BCUT2D eigenvalue weighted by molar-refractivity contribution is -0.128. The molecule has 2 rings (SSSR count). The second kappa shape index (κ2) is 4.19. The lowest BCUT2D eigenvalue weighted by atomic mass is 9.90. The van der Waals surface area contributed by atoms with E-state index < -0.39 is 0 Å². The fourth-order valence-electron chi connectivity index (χ4n) is 2.11. The molecule has 3 heteroatoms. The van der Waals surface area contributed by atoms with Crippen LogP contribution in [-0.2, 0) is 11.3 Å². The van der Waals surface area contributed by atoms with Gasteiger partial charge in [0.15, 0.2) is 0 Å². The molecular weight excluding hydrogens is 190 g/mol. The number of hydrogen-bond donors (Lipinski definition) is 0. The number of Topliss-reactive ketones (excluding diaryl/α,β-unsaturated/α-hetero) is 1. The first-order valence-corrected chi connectivity index (χ1v) is 5.46. The minimum atomic E-state index is 0.158. The Kier molecular flexibility index (Phi) is 2.91. The van der Waals surface area contributed by atoms with Crippen LogP contribution in [0.25, 0.3) is 0 Å². The molecule has 2 atom stereocenters.